The lowest BCUT2D eigenvalue weighted by molar-refractivity contribution is -0.161. The Morgan fingerprint density at radius 2 is 0.898 bits per heavy atom. The van der Waals surface area contributed by atoms with Gasteiger partial charge in [-0.1, -0.05) is 165 Å². The first-order valence-electron chi connectivity index (χ1n) is 22.3. The number of carbonyl (C=O) groups is 2. The lowest BCUT2D eigenvalue weighted by Crippen LogP contribution is -2.29. The molecule has 0 saturated heterocycles. The molecule has 0 aliphatic rings. The van der Waals surface area contributed by atoms with E-state index in [0.717, 1.165) is 44.9 Å². The summed E-state index contributed by atoms with van der Waals surface area (Å²) in [4.78, 5) is 52.7. The molecular weight excluding hydrogens is 798 g/mol. The summed E-state index contributed by atoms with van der Waals surface area (Å²) in [6.45, 7) is 1.69. The fourth-order valence-corrected chi connectivity index (χ4v) is 6.97. The summed E-state index contributed by atoms with van der Waals surface area (Å²) in [5.41, 5.74) is 0. The number of phosphoric acid groups is 2. The summed E-state index contributed by atoms with van der Waals surface area (Å²) in [5.74, 6) is -1.09. The van der Waals surface area contributed by atoms with Crippen LogP contribution in [-0.2, 0) is 41.8 Å². The van der Waals surface area contributed by atoms with Gasteiger partial charge >= 0.3 is 27.6 Å². The van der Waals surface area contributed by atoms with E-state index in [9.17, 15) is 28.7 Å². The summed E-state index contributed by atoms with van der Waals surface area (Å²) < 4.78 is 47.7. The Morgan fingerprint density at radius 1 is 0.492 bits per heavy atom. The van der Waals surface area contributed by atoms with Gasteiger partial charge in [-0.05, 0) is 51.4 Å². The van der Waals surface area contributed by atoms with Gasteiger partial charge in [0.1, 0.15) is 12.7 Å². The third kappa shape index (κ3) is 44.0. The Hall–Kier alpha value is -1.92. The molecule has 0 amide bonds. The highest BCUT2D eigenvalue weighted by atomic mass is 31.2. The second kappa shape index (κ2) is 40.2. The van der Waals surface area contributed by atoms with Crippen molar-refractivity contribution in [2.75, 3.05) is 26.4 Å². The smallest absolute Gasteiger partial charge is 0.462 e. The molecule has 15 heteroatoms. The number of unbranched alkanes of at least 4 members (excludes halogenated alkanes) is 18. The molecule has 1 unspecified atom stereocenters. The summed E-state index contributed by atoms with van der Waals surface area (Å²) in [5, 5.41) is 9.74. The van der Waals surface area contributed by atoms with Gasteiger partial charge in [0.25, 0.3) is 0 Å². The quantitative estimate of drug-likeness (QED) is 0.0196. The molecular formula is C44H80O13P2. The fourth-order valence-electron chi connectivity index (χ4n) is 5.81. The number of aliphatic hydroxyl groups is 1. The molecule has 0 saturated carbocycles. The lowest BCUT2D eigenvalue weighted by Gasteiger charge is -2.20. The van der Waals surface area contributed by atoms with Gasteiger partial charge in [-0.25, -0.2) is 9.13 Å². The van der Waals surface area contributed by atoms with Crippen molar-refractivity contribution in [1.82, 2.24) is 0 Å². The molecule has 4 N–H and O–H groups in total. The summed E-state index contributed by atoms with van der Waals surface area (Å²) in [6.07, 6.45) is 41.1. The molecule has 0 aliphatic heterocycles. The minimum absolute atomic E-state index is 0.0562. The molecule has 0 aromatic heterocycles. The first-order valence-corrected chi connectivity index (χ1v) is 25.4. The minimum Gasteiger partial charge on any atom is -0.462 e. The van der Waals surface area contributed by atoms with Crippen LogP contribution in [0.25, 0.3) is 0 Å². The normalized spacial score (nSPS) is 14.5. The molecule has 0 radical (unpaired) electrons. The van der Waals surface area contributed by atoms with Gasteiger partial charge in [0.15, 0.2) is 6.10 Å². The van der Waals surface area contributed by atoms with E-state index >= 15 is 0 Å². The van der Waals surface area contributed by atoms with Crippen LogP contribution in [0.2, 0.25) is 0 Å². The highest BCUT2D eigenvalue weighted by Crippen LogP contribution is 2.43. The fraction of sp³-hybridized carbons (Fsp3) is 0.773. The molecule has 0 bridgehead atoms. The number of rotatable bonds is 42. The Morgan fingerprint density at radius 3 is 1.41 bits per heavy atom. The van der Waals surface area contributed by atoms with Crippen LogP contribution in [0.15, 0.2) is 48.6 Å². The molecule has 0 aromatic carbocycles. The van der Waals surface area contributed by atoms with Crippen molar-refractivity contribution in [3.63, 3.8) is 0 Å². The van der Waals surface area contributed by atoms with Gasteiger partial charge in [-0.2, -0.15) is 0 Å². The number of phosphoric ester groups is 2. The van der Waals surface area contributed by atoms with Crippen molar-refractivity contribution in [2.24, 2.45) is 0 Å². The van der Waals surface area contributed by atoms with Gasteiger partial charge in [-0.15, -0.1) is 0 Å². The molecule has 0 spiro atoms. The van der Waals surface area contributed by atoms with Gasteiger partial charge in [-0.3, -0.25) is 23.2 Å². The first kappa shape index (κ1) is 57.1. The van der Waals surface area contributed by atoms with Crippen LogP contribution in [0.1, 0.15) is 181 Å². The molecule has 344 valence electrons. The SMILES string of the molecule is CCCCC/C=C\C/C=C\C/C=C\C/C=C\CCCC(=O)O[C@H](COC(=O)CCCCCCCCCCCCCCCCC)COP(=O)(O)OC[C@@H](O)COP(=O)(O)O. The summed E-state index contributed by atoms with van der Waals surface area (Å²) >= 11 is 0. The van der Waals surface area contributed by atoms with E-state index in [-0.39, 0.29) is 12.8 Å². The third-order valence-electron chi connectivity index (χ3n) is 9.21. The third-order valence-corrected chi connectivity index (χ3v) is 10.6. The van der Waals surface area contributed by atoms with E-state index in [1.807, 2.05) is 12.2 Å². The zero-order valence-electron chi connectivity index (χ0n) is 36.3. The predicted molar refractivity (Wildman–Crippen MR) is 235 cm³/mol. The zero-order valence-corrected chi connectivity index (χ0v) is 38.1. The zero-order chi connectivity index (χ0) is 43.7. The van der Waals surface area contributed by atoms with Crippen molar-refractivity contribution >= 4 is 27.6 Å². The van der Waals surface area contributed by atoms with Crippen molar-refractivity contribution in [3.8, 4) is 0 Å². The van der Waals surface area contributed by atoms with E-state index < -0.39 is 66.2 Å². The molecule has 0 fully saturated rings. The van der Waals surface area contributed by atoms with Crippen molar-refractivity contribution in [3.05, 3.63) is 48.6 Å². The Bertz CT molecular complexity index is 1230. The molecule has 0 rings (SSSR count). The first-order chi connectivity index (χ1) is 28.4. The van der Waals surface area contributed by atoms with Crippen LogP contribution in [0.5, 0.6) is 0 Å². The van der Waals surface area contributed by atoms with E-state index in [2.05, 4.69) is 59.4 Å². The topological polar surface area (TPSA) is 195 Å². The number of ether oxygens (including phenoxy) is 2. The van der Waals surface area contributed by atoms with Crippen LogP contribution in [0.3, 0.4) is 0 Å². The van der Waals surface area contributed by atoms with Gasteiger partial charge in [0.05, 0.1) is 19.8 Å². The maximum absolute atomic E-state index is 12.6. The molecule has 13 nitrogen and oxygen atoms in total. The average molecular weight is 879 g/mol. The van der Waals surface area contributed by atoms with E-state index in [4.69, 9.17) is 23.8 Å². The van der Waals surface area contributed by atoms with Gasteiger partial charge < -0.3 is 29.3 Å². The van der Waals surface area contributed by atoms with Crippen molar-refractivity contribution in [1.29, 1.82) is 0 Å². The number of aliphatic hydroxyl groups excluding tert-OH is 1. The number of hydrogen-bond donors (Lipinski definition) is 4. The molecule has 59 heavy (non-hydrogen) atoms. The lowest BCUT2D eigenvalue weighted by atomic mass is 10.0. The molecule has 0 aromatic rings. The van der Waals surface area contributed by atoms with Crippen LogP contribution in [0, 0.1) is 0 Å². The summed E-state index contributed by atoms with van der Waals surface area (Å²) in [7, 11) is -9.69. The Labute approximate surface area is 356 Å². The van der Waals surface area contributed by atoms with E-state index in [1.54, 1.807) is 0 Å². The number of carbonyl (C=O) groups excluding carboxylic acids is 2. The van der Waals surface area contributed by atoms with Gasteiger partial charge in [0.2, 0.25) is 0 Å². The van der Waals surface area contributed by atoms with Crippen LogP contribution < -0.4 is 0 Å². The van der Waals surface area contributed by atoms with Crippen molar-refractivity contribution < 1.29 is 61.6 Å². The van der Waals surface area contributed by atoms with Crippen LogP contribution in [0.4, 0.5) is 0 Å². The predicted octanol–water partition coefficient (Wildman–Crippen LogP) is 11.5. The molecule has 3 atom stereocenters. The highest BCUT2D eigenvalue weighted by molar-refractivity contribution is 7.47. The van der Waals surface area contributed by atoms with Crippen LogP contribution >= 0.6 is 15.6 Å². The molecule has 0 heterocycles. The highest BCUT2D eigenvalue weighted by Gasteiger charge is 2.28. The molecule has 0 aliphatic carbocycles. The summed E-state index contributed by atoms with van der Waals surface area (Å²) in [6, 6.07) is 0. The van der Waals surface area contributed by atoms with Crippen LogP contribution in [-0.4, -0.2) is 70.4 Å². The number of esters is 2. The van der Waals surface area contributed by atoms with E-state index in [1.165, 1.54) is 89.9 Å². The largest absolute Gasteiger partial charge is 0.472 e. The Balaban J connectivity index is 4.59. The van der Waals surface area contributed by atoms with Crippen molar-refractivity contribution in [2.45, 2.75) is 193 Å². The number of allylic oxidation sites excluding steroid dienone is 8. The van der Waals surface area contributed by atoms with E-state index in [0.29, 0.717) is 19.3 Å². The standard InChI is InChI=1S/C44H80O13P2/c1-3-5-7-9-11-13-15-17-19-20-22-24-26-28-30-32-34-36-44(47)57-42(40-56-59(51,52)55-38-41(45)37-54-58(48,49)50)39-53-43(46)35-33-31-29-27-25-23-21-18-16-14-12-10-8-6-4-2/h11,13,17,19,22,24,28,30,41-42,45H,3-10,12,14-16,18,20-21,23,25-27,29,31-40H2,1-2H3,(H,51,52)(H2,48,49,50)/b13-11-,19-17-,24-22-,30-28-/t41-,42+/m0/s1. The van der Waals surface area contributed by atoms with Gasteiger partial charge in [0, 0.05) is 12.8 Å². The number of hydrogen-bond acceptors (Lipinski definition) is 10. The Kier molecular flexibility index (Phi) is 38.9. The minimum atomic E-state index is -4.87. The maximum Gasteiger partial charge on any atom is 0.472 e. The monoisotopic (exact) mass is 879 g/mol. The average Bonchev–Trinajstić information content (AvgIpc) is 3.19. The second-order valence-corrected chi connectivity index (χ2v) is 17.7. The maximum atomic E-state index is 12.6. The second-order valence-electron chi connectivity index (χ2n) is 15.0.